The lowest BCUT2D eigenvalue weighted by atomic mass is 9.85. The summed E-state index contributed by atoms with van der Waals surface area (Å²) in [6, 6.07) is 43.8. The van der Waals surface area contributed by atoms with Gasteiger partial charge in [0.15, 0.2) is 0 Å². The molecule has 1 saturated carbocycles. The van der Waals surface area contributed by atoms with Crippen LogP contribution in [0.15, 0.2) is 121 Å². The van der Waals surface area contributed by atoms with Gasteiger partial charge >= 0.3 is 0 Å². The summed E-state index contributed by atoms with van der Waals surface area (Å²) < 4.78 is 0. The number of aliphatic hydroxyl groups excluding tert-OH is 1. The van der Waals surface area contributed by atoms with Crippen LogP contribution in [0.3, 0.4) is 0 Å². The molecular formula is C35H41NOSi. The second-order valence-corrected chi connectivity index (χ2v) is 15.3. The maximum Gasteiger partial charge on any atom is 0.135 e. The van der Waals surface area contributed by atoms with Crippen molar-refractivity contribution in [3.8, 4) is 0 Å². The zero-order chi connectivity index (χ0) is 26.2. The Morgan fingerprint density at radius 2 is 1.03 bits per heavy atom. The van der Waals surface area contributed by atoms with E-state index in [0.717, 1.165) is 25.9 Å². The van der Waals surface area contributed by atoms with Crippen LogP contribution in [-0.4, -0.2) is 29.8 Å². The monoisotopic (exact) mass is 519 g/mol. The van der Waals surface area contributed by atoms with Gasteiger partial charge in [0.05, 0.1) is 6.10 Å². The zero-order valence-electron chi connectivity index (χ0n) is 22.6. The number of aliphatic hydroxyl groups is 1. The molecule has 0 radical (unpaired) electrons. The fourth-order valence-electron chi connectivity index (χ4n) is 6.62. The Hall–Kier alpha value is -2.98. The van der Waals surface area contributed by atoms with Gasteiger partial charge in [0, 0.05) is 18.8 Å². The van der Waals surface area contributed by atoms with Crippen LogP contribution in [0, 0.1) is 5.92 Å². The molecule has 3 heteroatoms. The van der Waals surface area contributed by atoms with Crippen molar-refractivity contribution >= 4 is 18.4 Å². The summed E-state index contributed by atoms with van der Waals surface area (Å²) in [5.41, 5.74) is 2.61. The van der Waals surface area contributed by atoms with Crippen molar-refractivity contribution in [2.45, 2.75) is 63.5 Å². The predicted molar refractivity (Wildman–Crippen MR) is 162 cm³/mol. The van der Waals surface area contributed by atoms with Gasteiger partial charge in [0.1, 0.15) is 8.07 Å². The van der Waals surface area contributed by atoms with Crippen LogP contribution < -0.4 is 10.4 Å². The SMILES string of the molecule is C[Si](c1ccccc1)(c1ccccc1)[C@H]([C@H](O)C1CCCCC1)N(Cc1ccccc1)Cc1ccccc1. The summed E-state index contributed by atoms with van der Waals surface area (Å²) in [6.45, 7) is 4.12. The fourth-order valence-corrected chi connectivity index (χ4v) is 11.3. The minimum Gasteiger partial charge on any atom is -0.391 e. The Labute approximate surface area is 230 Å². The van der Waals surface area contributed by atoms with Crippen molar-refractivity contribution in [3.05, 3.63) is 132 Å². The van der Waals surface area contributed by atoms with Gasteiger partial charge in [-0.25, -0.2) is 0 Å². The van der Waals surface area contributed by atoms with E-state index in [0.29, 0.717) is 5.92 Å². The molecule has 2 atom stereocenters. The van der Waals surface area contributed by atoms with E-state index in [4.69, 9.17) is 0 Å². The molecule has 5 rings (SSSR count). The van der Waals surface area contributed by atoms with E-state index < -0.39 is 8.07 Å². The van der Waals surface area contributed by atoms with Crippen molar-refractivity contribution in [3.63, 3.8) is 0 Å². The van der Waals surface area contributed by atoms with Gasteiger partial charge in [-0.3, -0.25) is 4.90 Å². The van der Waals surface area contributed by atoms with Gasteiger partial charge < -0.3 is 5.11 Å². The third-order valence-corrected chi connectivity index (χ3v) is 13.6. The topological polar surface area (TPSA) is 23.5 Å². The molecule has 4 aromatic rings. The molecular weight excluding hydrogens is 478 g/mol. The first kappa shape index (κ1) is 26.6. The normalized spacial score (nSPS) is 16.3. The van der Waals surface area contributed by atoms with Crippen molar-refractivity contribution < 1.29 is 5.11 Å². The van der Waals surface area contributed by atoms with E-state index in [1.165, 1.54) is 40.8 Å². The number of rotatable bonds is 10. The van der Waals surface area contributed by atoms with E-state index in [-0.39, 0.29) is 11.8 Å². The summed E-state index contributed by atoms with van der Waals surface area (Å²) >= 11 is 0. The lowest BCUT2D eigenvalue weighted by Gasteiger charge is -2.48. The highest BCUT2D eigenvalue weighted by molar-refractivity contribution is 7.02. The quantitative estimate of drug-likeness (QED) is 0.244. The predicted octanol–water partition coefficient (Wildman–Crippen LogP) is 6.43. The molecule has 0 heterocycles. The number of hydrogen-bond acceptors (Lipinski definition) is 2. The van der Waals surface area contributed by atoms with Crippen LogP contribution in [0.4, 0.5) is 0 Å². The summed E-state index contributed by atoms with van der Waals surface area (Å²) in [4.78, 5) is 2.62. The average Bonchev–Trinajstić information content (AvgIpc) is 2.99. The molecule has 4 aromatic carbocycles. The third kappa shape index (κ3) is 6.01. The first-order valence-electron chi connectivity index (χ1n) is 14.3. The van der Waals surface area contributed by atoms with Gasteiger partial charge in [0.2, 0.25) is 0 Å². The first-order chi connectivity index (χ1) is 18.7. The molecule has 0 spiro atoms. The molecule has 0 amide bonds. The molecule has 0 aromatic heterocycles. The molecule has 0 bridgehead atoms. The second kappa shape index (κ2) is 12.7. The summed E-state index contributed by atoms with van der Waals surface area (Å²) in [6.07, 6.45) is 5.59. The van der Waals surface area contributed by atoms with Gasteiger partial charge in [-0.15, -0.1) is 0 Å². The smallest absolute Gasteiger partial charge is 0.135 e. The first-order valence-corrected chi connectivity index (χ1v) is 16.8. The highest BCUT2D eigenvalue weighted by Gasteiger charge is 2.48. The Balaban J connectivity index is 1.68. The zero-order valence-corrected chi connectivity index (χ0v) is 23.6. The van der Waals surface area contributed by atoms with Crippen molar-refractivity contribution in [1.82, 2.24) is 4.90 Å². The van der Waals surface area contributed by atoms with Gasteiger partial charge in [-0.1, -0.05) is 158 Å². The minimum atomic E-state index is -2.47. The van der Waals surface area contributed by atoms with Gasteiger partial charge in [0.25, 0.3) is 0 Å². The highest BCUT2D eigenvalue weighted by Crippen LogP contribution is 2.33. The Kier molecular flexibility index (Phi) is 8.90. The molecule has 1 N–H and O–H groups in total. The van der Waals surface area contributed by atoms with Crippen molar-refractivity contribution in [1.29, 1.82) is 0 Å². The number of hydrogen-bond donors (Lipinski definition) is 1. The van der Waals surface area contributed by atoms with Crippen LogP contribution >= 0.6 is 0 Å². The summed E-state index contributed by atoms with van der Waals surface area (Å²) in [5.74, 6) is 0.335. The van der Waals surface area contributed by atoms with E-state index >= 15 is 0 Å². The summed E-state index contributed by atoms with van der Waals surface area (Å²) in [5, 5.41) is 15.3. The van der Waals surface area contributed by atoms with E-state index in [2.05, 4.69) is 133 Å². The molecule has 0 unspecified atom stereocenters. The minimum absolute atomic E-state index is 0.0239. The van der Waals surface area contributed by atoms with Crippen LogP contribution in [-0.2, 0) is 13.1 Å². The van der Waals surface area contributed by atoms with Crippen molar-refractivity contribution in [2.24, 2.45) is 5.92 Å². The lowest BCUT2D eigenvalue weighted by Crippen LogP contribution is -2.73. The fraction of sp³-hybridized carbons (Fsp3) is 0.314. The average molecular weight is 520 g/mol. The maximum absolute atomic E-state index is 12.5. The van der Waals surface area contributed by atoms with E-state index in [9.17, 15) is 5.11 Å². The van der Waals surface area contributed by atoms with Crippen LogP contribution in [0.5, 0.6) is 0 Å². The van der Waals surface area contributed by atoms with E-state index in [1.54, 1.807) is 0 Å². The van der Waals surface area contributed by atoms with Gasteiger partial charge in [-0.05, 0) is 29.9 Å². The van der Waals surface area contributed by atoms with Crippen LogP contribution in [0.25, 0.3) is 0 Å². The van der Waals surface area contributed by atoms with Crippen molar-refractivity contribution in [2.75, 3.05) is 0 Å². The largest absolute Gasteiger partial charge is 0.391 e. The third-order valence-electron chi connectivity index (χ3n) is 8.65. The summed E-state index contributed by atoms with van der Waals surface area (Å²) in [7, 11) is -2.47. The number of nitrogens with zero attached hydrogens (tertiary/aromatic N) is 1. The molecule has 196 valence electrons. The molecule has 38 heavy (non-hydrogen) atoms. The highest BCUT2D eigenvalue weighted by atomic mass is 28.3. The Morgan fingerprint density at radius 3 is 1.45 bits per heavy atom. The van der Waals surface area contributed by atoms with Crippen LogP contribution in [0.2, 0.25) is 6.55 Å². The standard InChI is InChI=1S/C35H41NOSi/c1-38(32-23-13-5-14-24-32,33-25-15-6-16-26-33)35(34(37)31-21-11-4-12-22-31)36(27-29-17-7-2-8-18-29)28-30-19-9-3-10-20-30/h2-3,5-10,13-20,23-26,31,34-35,37H,4,11-12,21-22,27-28H2,1H3/t34-,35-/m1/s1. The molecule has 0 saturated heterocycles. The Morgan fingerprint density at radius 1 is 0.632 bits per heavy atom. The Bertz CT molecular complexity index is 1150. The molecule has 1 aliphatic carbocycles. The maximum atomic E-state index is 12.5. The van der Waals surface area contributed by atoms with E-state index in [1.807, 2.05) is 0 Å². The molecule has 0 aliphatic heterocycles. The second-order valence-electron chi connectivity index (χ2n) is 11.1. The van der Waals surface area contributed by atoms with Crippen LogP contribution in [0.1, 0.15) is 43.2 Å². The van der Waals surface area contributed by atoms with Gasteiger partial charge in [-0.2, -0.15) is 0 Å². The number of benzene rings is 4. The molecule has 1 aliphatic rings. The molecule has 2 nitrogen and oxygen atoms in total. The molecule has 1 fully saturated rings. The lowest BCUT2D eigenvalue weighted by molar-refractivity contribution is 0.0210.